The molecule has 0 radical (unpaired) electrons. The van der Waals surface area contributed by atoms with Gasteiger partial charge < -0.3 is 14.2 Å². The van der Waals surface area contributed by atoms with E-state index in [1.807, 2.05) is 79.9 Å². The van der Waals surface area contributed by atoms with Crippen molar-refractivity contribution in [3.05, 3.63) is 113 Å². The highest BCUT2D eigenvalue weighted by molar-refractivity contribution is 9.10. The van der Waals surface area contributed by atoms with Gasteiger partial charge in [0.1, 0.15) is 0 Å². The first-order chi connectivity index (χ1) is 20.4. The summed E-state index contributed by atoms with van der Waals surface area (Å²) in [5, 5.41) is 0. The van der Waals surface area contributed by atoms with Crippen molar-refractivity contribution in [1.82, 2.24) is 4.57 Å². The van der Waals surface area contributed by atoms with Crippen LogP contribution in [0.15, 0.2) is 91.5 Å². The van der Waals surface area contributed by atoms with E-state index in [4.69, 9.17) is 19.2 Å². The summed E-state index contributed by atoms with van der Waals surface area (Å²) in [7, 11) is 1.58. The molecule has 0 amide bonds. The number of methoxy groups -OCH3 is 1. The third-order valence-corrected chi connectivity index (χ3v) is 8.96. The van der Waals surface area contributed by atoms with Gasteiger partial charge in [0.15, 0.2) is 16.3 Å². The number of carbonyl (C=O) groups excluding carboxylic acids is 1. The first-order valence-corrected chi connectivity index (χ1v) is 16.2. The number of rotatable bonds is 9. The van der Waals surface area contributed by atoms with Crippen LogP contribution < -0.4 is 24.4 Å². The lowest BCUT2D eigenvalue weighted by molar-refractivity contribution is -0.138. The molecule has 42 heavy (non-hydrogen) atoms. The van der Waals surface area contributed by atoms with Crippen LogP contribution in [0.3, 0.4) is 0 Å². The number of thiazole rings is 1. The Bertz CT molecular complexity index is 1830. The van der Waals surface area contributed by atoms with E-state index < -0.39 is 12.0 Å². The molecule has 1 aromatic heterocycles. The molecule has 7 nitrogen and oxygen atoms in total. The van der Waals surface area contributed by atoms with Crippen LogP contribution in [0.2, 0.25) is 0 Å². The SMILES string of the molecule is CCOC(=O)C1=C(c2ccccc2)N=c2s/c(=C\c3cc(Br)c(OCC)c(OC)c3)c(=O)n2[C@@H]1c1ccc(SC)cc1. The van der Waals surface area contributed by atoms with E-state index in [0.29, 0.717) is 43.2 Å². The molecule has 10 heteroatoms. The summed E-state index contributed by atoms with van der Waals surface area (Å²) in [6.45, 7) is 4.35. The van der Waals surface area contributed by atoms with Gasteiger partial charge in [-0.1, -0.05) is 53.8 Å². The number of hydrogen-bond donors (Lipinski definition) is 0. The zero-order valence-corrected chi connectivity index (χ0v) is 26.8. The third kappa shape index (κ3) is 5.84. The fourth-order valence-corrected chi connectivity index (χ4v) is 6.78. The molecule has 1 aliphatic heterocycles. The smallest absolute Gasteiger partial charge is 0.338 e. The predicted molar refractivity (Wildman–Crippen MR) is 171 cm³/mol. The van der Waals surface area contributed by atoms with E-state index in [1.54, 1.807) is 36.4 Å². The van der Waals surface area contributed by atoms with Gasteiger partial charge in [-0.2, -0.15) is 0 Å². The molecule has 216 valence electrons. The van der Waals surface area contributed by atoms with E-state index in [1.165, 1.54) is 11.3 Å². The topological polar surface area (TPSA) is 79.1 Å². The number of thioether (sulfide) groups is 1. The minimum Gasteiger partial charge on any atom is -0.493 e. The zero-order valence-electron chi connectivity index (χ0n) is 23.5. The van der Waals surface area contributed by atoms with E-state index in [9.17, 15) is 9.59 Å². The Hall–Kier alpha value is -3.60. The van der Waals surface area contributed by atoms with Gasteiger partial charge in [-0.15, -0.1) is 11.8 Å². The van der Waals surface area contributed by atoms with Crippen LogP contribution >= 0.6 is 39.0 Å². The first-order valence-electron chi connectivity index (χ1n) is 13.3. The monoisotopic (exact) mass is 664 g/mol. The molecule has 0 saturated heterocycles. The normalized spacial score (nSPS) is 14.8. The number of ether oxygens (including phenoxy) is 3. The summed E-state index contributed by atoms with van der Waals surface area (Å²) in [6, 6.07) is 20.4. The van der Waals surface area contributed by atoms with E-state index >= 15 is 0 Å². The molecule has 0 spiro atoms. The Morgan fingerprint density at radius 1 is 1.10 bits per heavy atom. The van der Waals surface area contributed by atoms with E-state index in [-0.39, 0.29) is 12.2 Å². The Kier molecular flexibility index (Phi) is 9.35. The minimum absolute atomic E-state index is 0.196. The number of fused-ring (bicyclic) bond motifs is 1. The number of hydrogen-bond acceptors (Lipinski definition) is 8. The number of halogens is 1. The zero-order chi connectivity index (χ0) is 29.8. The lowest BCUT2D eigenvalue weighted by Crippen LogP contribution is -2.40. The molecule has 0 unspecified atom stereocenters. The Morgan fingerprint density at radius 2 is 1.83 bits per heavy atom. The molecule has 3 aromatic carbocycles. The average Bonchev–Trinajstić information content (AvgIpc) is 3.32. The maximum atomic E-state index is 14.1. The van der Waals surface area contributed by atoms with Gasteiger partial charge in [0, 0.05) is 10.5 Å². The summed E-state index contributed by atoms with van der Waals surface area (Å²) in [4.78, 5) is 34.2. The molecule has 2 heterocycles. The van der Waals surface area contributed by atoms with Crippen LogP contribution in [0.1, 0.15) is 36.6 Å². The maximum absolute atomic E-state index is 14.1. The molecule has 4 aromatic rings. The van der Waals surface area contributed by atoms with Crippen LogP contribution in [0, 0.1) is 0 Å². The van der Waals surface area contributed by atoms with Gasteiger partial charge in [0.05, 0.1) is 46.6 Å². The maximum Gasteiger partial charge on any atom is 0.338 e. The number of esters is 1. The Morgan fingerprint density at radius 3 is 2.48 bits per heavy atom. The van der Waals surface area contributed by atoms with Crippen molar-refractivity contribution in [1.29, 1.82) is 0 Å². The molecule has 1 aliphatic rings. The highest BCUT2D eigenvalue weighted by Gasteiger charge is 2.35. The number of nitrogens with zero attached hydrogens (tertiary/aromatic N) is 2. The third-order valence-electron chi connectivity index (χ3n) is 6.64. The molecule has 1 atom stereocenters. The Labute approximate surface area is 260 Å². The fourth-order valence-electron chi connectivity index (χ4n) is 4.80. The predicted octanol–water partition coefficient (Wildman–Crippen LogP) is 5.83. The quantitative estimate of drug-likeness (QED) is 0.166. The second-order valence-electron chi connectivity index (χ2n) is 9.17. The molecule has 0 fully saturated rings. The summed E-state index contributed by atoms with van der Waals surface area (Å²) < 4.78 is 19.6. The first kappa shape index (κ1) is 29.9. The van der Waals surface area contributed by atoms with Gasteiger partial charge >= 0.3 is 5.97 Å². The largest absolute Gasteiger partial charge is 0.493 e. The van der Waals surface area contributed by atoms with E-state index in [0.717, 1.165) is 21.6 Å². The lowest BCUT2D eigenvalue weighted by Gasteiger charge is -2.26. The van der Waals surface area contributed by atoms with Crippen molar-refractivity contribution in [3.63, 3.8) is 0 Å². The van der Waals surface area contributed by atoms with Crippen LogP contribution in [0.4, 0.5) is 0 Å². The molecule has 0 aliphatic carbocycles. The van der Waals surface area contributed by atoms with Crippen molar-refractivity contribution < 1.29 is 19.0 Å². The highest BCUT2D eigenvalue weighted by Crippen LogP contribution is 2.38. The summed E-state index contributed by atoms with van der Waals surface area (Å²) in [6.07, 6.45) is 3.81. The summed E-state index contributed by atoms with van der Waals surface area (Å²) in [5.74, 6) is 0.639. The summed E-state index contributed by atoms with van der Waals surface area (Å²) >= 11 is 6.46. The second kappa shape index (κ2) is 13.1. The van der Waals surface area contributed by atoms with Crippen LogP contribution in [-0.2, 0) is 9.53 Å². The van der Waals surface area contributed by atoms with E-state index in [2.05, 4.69) is 15.9 Å². The van der Waals surface area contributed by atoms with Gasteiger partial charge in [-0.05, 0) is 77.5 Å². The second-order valence-corrected chi connectivity index (χ2v) is 11.9. The van der Waals surface area contributed by atoms with Crippen molar-refractivity contribution in [2.75, 3.05) is 26.6 Å². The molecule has 0 saturated carbocycles. The standard InChI is InChI=1S/C32H29BrN2O5S2/c1-5-39-29-23(33)16-19(17-24(29)38-3)18-25-30(36)35-28(21-12-14-22(41-4)15-13-21)26(31(37)40-6-2)27(34-32(35)42-25)20-10-8-7-9-11-20/h7-18,28H,5-6H2,1-4H3/b25-18-/t28-/m1/s1. The molecule has 0 bridgehead atoms. The molecule has 5 rings (SSSR count). The van der Waals surface area contributed by atoms with Crippen LogP contribution in [0.25, 0.3) is 11.8 Å². The average molecular weight is 666 g/mol. The fraction of sp³-hybridized carbons (Fsp3) is 0.219. The van der Waals surface area contributed by atoms with Crippen molar-refractivity contribution in [2.24, 2.45) is 4.99 Å². The number of carbonyl (C=O) groups is 1. The van der Waals surface area contributed by atoms with Gasteiger partial charge in [-0.3, -0.25) is 9.36 Å². The molecular formula is C32H29BrN2O5S2. The lowest BCUT2D eigenvalue weighted by atomic mass is 9.93. The van der Waals surface area contributed by atoms with Crippen LogP contribution in [0.5, 0.6) is 11.5 Å². The number of aromatic nitrogens is 1. The van der Waals surface area contributed by atoms with Gasteiger partial charge in [-0.25, -0.2) is 9.79 Å². The minimum atomic E-state index is -0.727. The molecule has 0 N–H and O–H groups in total. The number of benzene rings is 3. The van der Waals surface area contributed by atoms with Crippen LogP contribution in [-0.4, -0.2) is 37.1 Å². The van der Waals surface area contributed by atoms with Crippen molar-refractivity contribution in [2.45, 2.75) is 24.8 Å². The van der Waals surface area contributed by atoms with Crippen molar-refractivity contribution in [3.8, 4) is 11.5 Å². The summed E-state index contributed by atoms with van der Waals surface area (Å²) in [5.41, 5.74) is 2.87. The highest BCUT2D eigenvalue weighted by atomic mass is 79.9. The molecular weight excluding hydrogens is 636 g/mol. The van der Waals surface area contributed by atoms with Crippen molar-refractivity contribution >= 4 is 56.8 Å². The van der Waals surface area contributed by atoms with Gasteiger partial charge in [0.25, 0.3) is 5.56 Å². The van der Waals surface area contributed by atoms with Gasteiger partial charge in [0.2, 0.25) is 0 Å². The Balaban J connectivity index is 1.78.